The first-order valence-electron chi connectivity index (χ1n) is 10.7. The lowest BCUT2D eigenvalue weighted by atomic mass is 10.2. The smallest absolute Gasteiger partial charge is 0.255 e. The van der Waals surface area contributed by atoms with Gasteiger partial charge in [0.1, 0.15) is 11.6 Å². The molecule has 35 heavy (non-hydrogen) atoms. The molecule has 0 spiro atoms. The van der Waals surface area contributed by atoms with Crippen LogP contribution in [0.5, 0.6) is 5.75 Å². The number of amides is 1. The summed E-state index contributed by atoms with van der Waals surface area (Å²) >= 11 is 6.11. The van der Waals surface area contributed by atoms with Gasteiger partial charge in [-0.3, -0.25) is 4.79 Å². The van der Waals surface area contributed by atoms with Crippen LogP contribution >= 0.6 is 11.6 Å². The average Bonchev–Trinajstić information content (AvgIpc) is 2.82. The zero-order chi connectivity index (χ0) is 25.4. The van der Waals surface area contributed by atoms with Gasteiger partial charge in [-0.1, -0.05) is 35.4 Å². The fourth-order valence-corrected chi connectivity index (χ4v) is 4.72. The molecule has 0 heterocycles. The molecule has 0 atom stereocenters. The second kappa shape index (κ2) is 11.9. The zero-order valence-electron chi connectivity index (χ0n) is 19.2. The number of ether oxygens (including phenoxy) is 1. The van der Waals surface area contributed by atoms with Crippen LogP contribution in [0.15, 0.2) is 76.7 Å². The van der Waals surface area contributed by atoms with Crippen molar-refractivity contribution < 1.29 is 22.3 Å². The summed E-state index contributed by atoms with van der Waals surface area (Å²) in [5.74, 6) is -0.664. The third-order valence-electron chi connectivity index (χ3n) is 4.97. The van der Waals surface area contributed by atoms with E-state index in [9.17, 15) is 17.6 Å². The molecule has 184 valence electrons. The standard InChI is InChI=1S/C25H25ClFN3O4S/c1-3-34-20-11-9-19(10-12-20)15-28-29-25(31)17-30(16-22-23(26)5-4-6-24(22)27)35(32,33)21-13-7-18(2)8-14-21/h4-15H,3,16-17H2,1-2H3,(H,29,31)/b28-15-. The number of carbonyl (C=O) groups excluding carboxylic acids is 1. The molecule has 1 amide bonds. The van der Waals surface area contributed by atoms with E-state index in [1.54, 1.807) is 36.4 Å². The topological polar surface area (TPSA) is 88.1 Å². The maximum atomic E-state index is 14.4. The molecule has 0 radical (unpaired) electrons. The highest BCUT2D eigenvalue weighted by Gasteiger charge is 2.28. The van der Waals surface area contributed by atoms with Gasteiger partial charge >= 0.3 is 0 Å². The van der Waals surface area contributed by atoms with E-state index in [2.05, 4.69) is 10.5 Å². The van der Waals surface area contributed by atoms with E-state index in [0.29, 0.717) is 17.9 Å². The van der Waals surface area contributed by atoms with Crippen LogP contribution in [0.2, 0.25) is 5.02 Å². The first-order chi connectivity index (χ1) is 16.7. The first-order valence-corrected chi connectivity index (χ1v) is 12.6. The minimum atomic E-state index is -4.15. The van der Waals surface area contributed by atoms with Crippen LogP contribution in [-0.4, -0.2) is 38.0 Å². The van der Waals surface area contributed by atoms with Gasteiger partial charge in [-0.2, -0.15) is 9.41 Å². The summed E-state index contributed by atoms with van der Waals surface area (Å²) < 4.78 is 47.3. The van der Waals surface area contributed by atoms with Gasteiger partial charge in [0.15, 0.2) is 0 Å². The largest absolute Gasteiger partial charge is 0.494 e. The molecule has 0 aromatic heterocycles. The highest BCUT2D eigenvalue weighted by atomic mass is 35.5. The molecule has 0 bridgehead atoms. The Hall–Kier alpha value is -3.27. The van der Waals surface area contributed by atoms with Crippen LogP contribution in [0.25, 0.3) is 0 Å². The van der Waals surface area contributed by atoms with Crippen LogP contribution in [0, 0.1) is 12.7 Å². The summed E-state index contributed by atoms with van der Waals surface area (Å²) in [5, 5.41) is 3.95. The number of nitrogens with zero attached hydrogens (tertiary/aromatic N) is 2. The molecule has 0 unspecified atom stereocenters. The van der Waals surface area contributed by atoms with Gasteiger partial charge in [-0.15, -0.1) is 0 Å². The van der Waals surface area contributed by atoms with Crippen molar-refractivity contribution in [2.45, 2.75) is 25.3 Å². The van der Waals surface area contributed by atoms with Crippen LogP contribution in [0.1, 0.15) is 23.6 Å². The van der Waals surface area contributed by atoms with Gasteiger partial charge in [-0.25, -0.2) is 18.2 Å². The second-order valence-electron chi connectivity index (χ2n) is 7.58. The number of carbonyl (C=O) groups is 1. The van der Waals surface area contributed by atoms with Crippen molar-refractivity contribution in [3.63, 3.8) is 0 Å². The van der Waals surface area contributed by atoms with E-state index in [0.717, 1.165) is 9.87 Å². The molecule has 1 N–H and O–H groups in total. The molecule has 0 saturated heterocycles. The molecule has 0 aliphatic carbocycles. The Kier molecular flexibility index (Phi) is 8.97. The lowest BCUT2D eigenvalue weighted by Crippen LogP contribution is -2.39. The van der Waals surface area contributed by atoms with Gasteiger partial charge in [0, 0.05) is 17.1 Å². The van der Waals surface area contributed by atoms with Crippen LogP contribution in [0.4, 0.5) is 4.39 Å². The van der Waals surface area contributed by atoms with Gasteiger partial charge < -0.3 is 4.74 Å². The number of benzene rings is 3. The predicted octanol–water partition coefficient (Wildman–Crippen LogP) is 4.53. The van der Waals surface area contributed by atoms with Crippen molar-refractivity contribution in [2.75, 3.05) is 13.2 Å². The highest BCUT2D eigenvalue weighted by Crippen LogP contribution is 2.24. The summed E-state index contributed by atoms with van der Waals surface area (Å²) in [6.45, 7) is 3.22. The number of sulfonamides is 1. The second-order valence-corrected chi connectivity index (χ2v) is 9.93. The summed E-state index contributed by atoms with van der Waals surface area (Å²) in [4.78, 5) is 12.6. The van der Waals surface area contributed by atoms with E-state index < -0.39 is 34.8 Å². The number of halogens is 2. The molecular formula is C25H25ClFN3O4S. The van der Waals surface area contributed by atoms with Gasteiger partial charge in [0.25, 0.3) is 5.91 Å². The van der Waals surface area contributed by atoms with E-state index in [-0.39, 0.29) is 15.5 Å². The van der Waals surface area contributed by atoms with Crippen molar-refractivity contribution in [3.8, 4) is 5.75 Å². The number of aryl methyl sites for hydroxylation is 1. The quantitative estimate of drug-likeness (QED) is 0.316. The number of hydrogen-bond acceptors (Lipinski definition) is 5. The average molecular weight is 518 g/mol. The fraction of sp³-hybridized carbons (Fsp3) is 0.200. The van der Waals surface area contributed by atoms with Crippen molar-refractivity contribution in [2.24, 2.45) is 5.10 Å². The molecular weight excluding hydrogens is 493 g/mol. The number of hydrazone groups is 1. The lowest BCUT2D eigenvalue weighted by molar-refractivity contribution is -0.121. The van der Waals surface area contributed by atoms with Crippen LogP contribution in [-0.2, 0) is 21.4 Å². The molecule has 10 heteroatoms. The Morgan fingerprint density at radius 2 is 1.80 bits per heavy atom. The van der Waals surface area contributed by atoms with E-state index >= 15 is 0 Å². The first kappa shape index (κ1) is 26.3. The highest BCUT2D eigenvalue weighted by molar-refractivity contribution is 7.89. The van der Waals surface area contributed by atoms with Crippen molar-refractivity contribution in [1.82, 2.24) is 9.73 Å². The maximum Gasteiger partial charge on any atom is 0.255 e. The Bertz CT molecular complexity index is 1280. The Morgan fingerprint density at radius 3 is 2.43 bits per heavy atom. The molecule has 0 saturated carbocycles. The van der Waals surface area contributed by atoms with E-state index in [4.69, 9.17) is 16.3 Å². The van der Waals surface area contributed by atoms with Crippen LogP contribution in [0.3, 0.4) is 0 Å². The molecule has 7 nitrogen and oxygen atoms in total. The molecule has 3 aromatic carbocycles. The Balaban J connectivity index is 1.79. The monoisotopic (exact) mass is 517 g/mol. The number of hydrogen-bond donors (Lipinski definition) is 1. The molecule has 0 aliphatic heterocycles. The van der Waals surface area contributed by atoms with Crippen molar-refractivity contribution >= 4 is 33.7 Å². The Morgan fingerprint density at radius 1 is 1.11 bits per heavy atom. The van der Waals surface area contributed by atoms with Gasteiger partial charge in [-0.05, 0) is 67.9 Å². The minimum absolute atomic E-state index is 0.0266. The Labute approximate surface area is 209 Å². The number of rotatable bonds is 10. The SMILES string of the molecule is CCOc1ccc(/C=N\NC(=O)CN(Cc2c(F)cccc2Cl)S(=O)(=O)c2ccc(C)cc2)cc1. The molecule has 3 aromatic rings. The molecule has 0 fully saturated rings. The zero-order valence-corrected chi connectivity index (χ0v) is 20.8. The van der Waals surface area contributed by atoms with Crippen molar-refractivity contribution in [1.29, 1.82) is 0 Å². The fourth-order valence-electron chi connectivity index (χ4n) is 3.14. The predicted molar refractivity (Wildman–Crippen MR) is 134 cm³/mol. The lowest BCUT2D eigenvalue weighted by Gasteiger charge is -2.22. The molecule has 0 aliphatic rings. The summed E-state index contributed by atoms with van der Waals surface area (Å²) in [6, 6.07) is 17.3. The summed E-state index contributed by atoms with van der Waals surface area (Å²) in [7, 11) is -4.15. The van der Waals surface area contributed by atoms with Crippen molar-refractivity contribution in [3.05, 3.63) is 94.3 Å². The third-order valence-corrected chi connectivity index (χ3v) is 7.13. The normalized spacial score (nSPS) is 11.7. The van der Waals surface area contributed by atoms with Gasteiger partial charge in [0.2, 0.25) is 10.0 Å². The molecule has 3 rings (SSSR count). The third kappa shape index (κ3) is 7.11. The number of nitrogens with one attached hydrogen (secondary N) is 1. The van der Waals surface area contributed by atoms with Gasteiger partial charge in [0.05, 0.1) is 24.3 Å². The maximum absolute atomic E-state index is 14.4. The summed E-state index contributed by atoms with van der Waals surface area (Å²) in [5.41, 5.74) is 3.86. The van der Waals surface area contributed by atoms with E-state index in [1.165, 1.54) is 36.5 Å². The summed E-state index contributed by atoms with van der Waals surface area (Å²) in [6.07, 6.45) is 1.42. The minimum Gasteiger partial charge on any atom is -0.494 e. The van der Waals surface area contributed by atoms with E-state index in [1.807, 2.05) is 13.8 Å². The van der Waals surface area contributed by atoms with Crippen LogP contribution < -0.4 is 10.2 Å².